The predicted molar refractivity (Wildman–Crippen MR) is 97.0 cm³/mol. The second-order valence-electron chi connectivity index (χ2n) is 7.41. The Morgan fingerprint density at radius 2 is 2.08 bits per heavy atom. The van der Waals surface area contributed by atoms with Gasteiger partial charge in [0, 0.05) is 39.8 Å². The number of ether oxygens (including phenoxy) is 2. The lowest BCUT2D eigenvalue weighted by atomic mass is 9.92. The summed E-state index contributed by atoms with van der Waals surface area (Å²) < 4.78 is 11.4. The van der Waals surface area contributed by atoms with Crippen LogP contribution in [-0.2, 0) is 16.1 Å². The SMILES string of the molecule is CN(C)C(=O)COc1ccccc1CN1CCC[C@@]2(C1)CN(C)C(=O)O2. The zero-order chi connectivity index (χ0) is 18.7. The Hall–Kier alpha value is -2.28. The van der Waals surface area contributed by atoms with E-state index in [9.17, 15) is 9.59 Å². The molecule has 142 valence electrons. The molecule has 0 aliphatic carbocycles. The smallest absolute Gasteiger partial charge is 0.410 e. The summed E-state index contributed by atoms with van der Waals surface area (Å²) in [5.41, 5.74) is 0.634. The van der Waals surface area contributed by atoms with E-state index < -0.39 is 5.60 Å². The van der Waals surface area contributed by atoms with Crippen molar-refractivity contribution in [3.05, 3.63) is 29.8 Å². The van der Waals surface area contributed by atoms with Crippen molar-refractivity contribution in [2.75, 3.05) is 47.4 Å². The second-order valence-corrected chi connectivity index (χ2v) is 7.41. The monoisotopic (exact) mass is 361 g/mol. The van der Waals surface area contributed by atoms with E-state index in [1.807, 2.05) is 24.3 Å². The number of amides is 2. The molecule has 0 unspecified atom stereocenters. The third-order valence-electron chi connectivity index (χ3n) is 4.98. The third kappa shape index (κ3) is 4.09. The molecular weight excluding hydrogens is 334 g/mol. The standard InChI is InChI=1S/C19H27N3O4/c1-20(2)17(23)12-25-16-8-5-4-7-15(16)11-22-10-6-9-19(14-22)13-21(3)18(24)26-19/h4-5,7-8H,6,9-14H2,1-3H3/t19-/m0/s1. The van der Waals surface area contributed by atoms with Gasteiger partial charge in [-0.25, -0.2) is 4.79 Å². The van der Waals surface area contributed by atoms with Gasteiger partial charge in [0.15, 0.2) is 6.61 Å². The van der Waals surface area contributed by atoms with E-state index in [-0.39, 0.29) is 18.6 Å². The Balaban J connectivity index is 1.65. The van der Waals surface area contributed by atoms with Gasteiger partial charge in [-0.3, -0.25) is 9.69 Å². The molecule has 2 heterocycles. The highest BCUT2D eigenvalue weighted by molar-refractivity contribution is 5.77. The van der Waals surface area contributed by atoms with Gasteiger partial charge in [-0.1, -0.05) is 18.2 Å². The van der Waals surface area contributed by atoms with Gasteiger partial charge in [0.1, 0.15) is 11.4 Å². The van der Waals surface area contributed by atoms with E-state index in [4.69, 9.17) is 9.47 Å². The molecule has 1 atom stereocenters. The van der Waals surface area contributed by atoms with Crippen molar-refractivity contribution in [1.29, 1.82) is 0 Å². The molecule has 2 aliphatic rings. The number of carbonyl (C=O) groups is 2. The van der Waals surface area contributed by atoms with E-state index in [0.29, 0.717) is 19.6 Å². The quantitative estimate of drug-likeness (QED) is 0.797. The molecule has 0 saturated carbocycles. The average Bonchev–Trinajstić information content (AvgIpc) is 2.86. The van der Waals surface area contributed by atoms with Crippen LogP contribution < -0.4 is 4.74 Å². The molecule has 0 N–H and O–H groups in total. The van der Waals surface area contributed by atoms with Crippen molar-refractivity contribution in [1.82, 2.24) is 14.7 Å². The van der Waals surface area contributed by atoms with E-state index in [1.165, 1.54) is 4.90 Å². The summed E-state index contributed by atoms with van der Waals surface area (Å²) in [4.78, 5) is 29.0. The molecule has 7 nitrogen and oxygen atoms in total. The first kappa shape index (κ1) is 18.5. The molecule has 2 aliphatic heterocycles. The fourth-order valence-electron chi connectivity index (χ4n) is 3.61. The van der Waals surface area contributed by atoms with Gasteiger partial charge < -0.3 is 19.3 Å². The van der Waals surface area contributed by atoms with E-state index in [0.717, 1.165) is 30.7 Å². The summed E-state index contributed by atoms with van der Waals surface area (Å²) in [6.07, 6.45) is 1.65. The number of piperidine rings is 1. The first-order chi connectivity index (χ1) is 12.4. The third-order valence-corrected chi connectivity index (χ3v) is 4.98. The number of nitrogens with zero attached hydrogens (tertiary/aromatic N) is 3. The summed E-state index contributed by atoms with van der Waals surface area (Å²) in [5.74, 6) is 0.653. The summed E-state index contributed by atoms with van der Waals surface area (Å²) in [6.45, 7) is 3.03. The Morgan fingerprint density at radius 3 is 2.77 bits per heavy atom. The van der Waals surface area contributed by atoms with Gasteiger partial charge in [0.2, 0.25) is 0 Å². The highest BCUT2D eigenvalue weighted by atomic mass is 16.6. The molecule has 2 amide bonds. The fourth-order valence-corrected chi connectivity index (χ4v) is 3.61. The van der Waals surface area contributed by atoms with Gasteiger partial charge in [0.05, 0.1) is 6.54 Å². The molecule has 1 aromatic carbocycles. The summed E-state index contributed by atoms with van der Waals surface area (Å²) in [5, 5.41) is 0. The number of para-hydroxylation sites is 1. The van der Waals surface area contributed by atoms with E-state index in [1.54, 1.807) is 26.0 Å². The maximum Gasteiger partial charge on any atom is 0.410 e. The van der Waals surface area contributed by atoms with Crippen molar-refractivity contribution in [2.45, 2.75) is 25.0 Å². The Morgan fingerprint density at radius 1 is 1.31 bits per heavy atom. The van der Waals surface area contributed by atoms with Crippen LogP contribution in [0.4, 0.5) is 4.79 Å². The Bertz CT molecular complexity index is 679. The largest absolute Gasteiger partial charge is 0.483 e. The van der Waals surface area contributed by atoms with Gasteiger partial charge >= 0.3 is 6.09 Å². The van der Waals surface area contributed by atoms with Crippen molar-refractivity contribution in [3.63, 3.8) is 0 Å². The topological polar surface area (TPSA) is 62.3 Å². The van der Waals surface area contributed by atoms with E-state index in [2.05, 4.69) is 4.90 Å². The summed E-state index contributed by atoms with van der Waals surface area (Å²) >= 11 is 0. The molecule has 0 radical (unpaired) electrons. The number of likely N-dealkylation sites (N-methyl/N-ethyl adjacent to an activating group) is 2. The average molecular weight is 361 g/mol. The number of hydrogen-bond acceptors (Lipinski definition) is 5. The second kappa shape index (κ2) is 7.53. The Labute approximate surface area is 154 Å². The Kier molecular flexibility index (Phi) is 5.36. The minimum atomic E-state index is -0.402. The zero-order valence-corrected chi connectivity index (χ0v) is 15.7. The van der Waals surface area contributed by atoms with E-state index >= 15 is 0 Å². The number of rotatable bonds is 5. The van der Waals surface area contributed by atoms with Crippen LogP contribution in [0.1, 0.15) is 18.4 Å². The minimum absolute atomic E-state index is 0.0242. The highest BCUT2D eigenvalue weighted by Gasteiger charge is 2.46. The van der Waals surface area contributed by atoms with Gasteiger partial charge in [-0.15, -0.1) is 0 Å². The lowest BCUT2D eigenvalue weighted by Crippen LogP contribution is -2.50. The lowest BCUT2D eigenvalue weighted by molar-refractivity contribution is -0.130. The predicted octanol–water partition coefficient (Wildman–Crippen LogP) is 1.57. The first-order valence-corrected chi connectivity index (χ1v) is 8.96. The van der Waals surface area contributed by atoms with Crippen LogP contribution in [0, 0.1) is 0 Å². The number of benzene rings is 1. The number of carbonyl (C=O) groups excluding carboxylic acids is 2. The van der Waals surface area contributed by atoms with Crippen LogP contribution in [0.3, 0.4) is 0 Å². The van der Waals surface area contributed by atoms with Crippen LogP contribution in [0.15, 0.2) is 24.3 Å². The van der Waals surface area contributed by atoms with Crippen molar-refractivity contribution < 1.29 is 19.1 Å². The molecule has 26 heavy (non-hydrogen) atoms. The van der Waals surface area contributed by atoms with Crippen molar-refractivity contribution >= 4 is 12.0 Å². The number of likely N-dealkylation sites (tertiary alicyclic amines) is 1. The zero-order valence-electron chi connectivity index (χ0n) is 15.7. The molecule has 7 heteroatoms. The van der Waals surface area contributed by atoms with Gasteiger partial charge in [0.25, 0.3) is 5.91 Å². The minimum Gasteiger partial charge on any atom is -0.483 e. The molecule has 0 bridgehead atoms. The summed E-state index contributed by atoms with van der Waals surface area (Å²) in [7, 11) is 5.20. The molecule has 2 fully saturated rings. The maximum atomic E-state index is 11.8. The first-order valence-electron chi connectivity index (χ1n) is 8.96. The molecule has 2 saturated heterocycles. The normalized spacial score (nSPS) is 23.2. The number of hydrogen-bond donors (Lipinski definition) is 0. The fraction of sp³-hybridized carbons (Fsp3) is 0.579. The van der Waals surface area contributed by atoms with Crippen LogP contribution in [-0.4, -0.2) is 79.7 Å². The van der Waals surface area contributed by atoms with Crippen LogP contribution in [0.25, 0.3) is 0 Å². The molecule has 0 aromatic heterocycles. The molecule has 3 rings (SSSR count). The van der Waals surface area contributed by atoms with Gasteiger partial charge in [-0.2, -0.15) is 0 Å². The molecule has 1 spiro atoms. The molecular formula is C19H27N3O4. The van der Waals surface area contributed by atoms with Crippen LogP contribution in [0.5, 0.6) is 5.75 Å². The van der Waals surface area contributed by atoms with Crippen molar-refractivity contribution in [3.8, 4) is 5.75 Å². The lowest BCUT2D eigenvalue weighted by Gasteiger charge is -2.38. The molecule has 1 aromatic rings. The maximum absolute atomic E-state index is 11.8. The summed E-state index contributed by atoms with van der Waals surface area (Å²) in [6, 6.07) is 7.79. The van der Waals surface area contributed by atoms with Crippen molar-refractivity contribution in [2.24, 2.45) is 0 Å². The highest BCUT2D eigenvalue weighted by Crippen LogP contribution is 2.32. The van der Waals surface area contributed by atoms with Gasteiger partial charge in [-0.05, 0) is 25.5 Å². The van der Waals surface area contributed by atoms with Crippen LogP contribution in [0.2, 0.25) is 0 Å². The van der Waals surface area contributed by atoms with Crippen LogP contribution >= 0.6 is 0 Å².